The Balaban J connectivity index is 2.07. The summed E-state index contributed by atoms with van der Waals surface area (Å²) >= 11 is 10.9. The SMILES string of the molecule is O=C(OCc1cccc(Br)c1)c1cc(S)ccc1Br. The van der Waals surface area contributed by atoms with Gasteiger partial charge in [-0.15, -0.1) is 12.6 Å². The number of carbonyl (C=O) groups is 1. The molecule has 2 nitrogen and oxygen atoms in total. The van der Waals surface area contributed by atoms with E-state index in [4.69, 9.17) is 4.74 Å². The molecule has 0 aliphatic rings. The first-order valence-corrected chi connectivity index (χ1v) is 7.49. The number of esters is 1. The Bertz CT molecular complexity index is 614. The van der Waals surface area contributed by atoms with Crippen LogP contribution >= 0.6 is 44.5 Å². The van der Waals surface area contributed by atoms with Crippen molar-refractivity contribution in [2.45, 2.75) is 11.5 Å². The number of carbonyl (C=O) groups excluding carboxylic acids is 1. The fraction of sp³-hybridized carbons (Fsp3) is 0.0714. The highest BCUT2D eigenvalue weighted by Crippen LogP contribution is 2.21. The van der Waals surface area contributed by atoms with Gasteiger partial charge in [0.1, 0.15) is 6.61 Å². The van der Waals surface area contributed by atoms with Gasteiger partial charge < -0.3 is 4.74 Å². The molecule has 0 amide bonds. The van der Waals surface area contributed by atoms with Crippen molar-refractivity contribution in [2.24, 2.45) is 0 Å². The van der Waals surface area contributed by atoms with Crippen LogP contribution in [0.3, 0.4) is 0 Å². The van der Waals surface area contributed by atoms with Gasteiger partial charge in [0.15, 0.2) is 0 Å². The molecule has 0 atom stereocenters. The summed E-state index contributed by atoms with van der Waals surface area (Å²) in [7, 11) is 0. The van der Waals surface area contributed by atoms with E-state index >= 15 is 0 Å². The summed E-state index contributed by atoms with van der Waals surface area (Å²) in [6.07, 6.45) is 0. The van der Waals surface area contributed by atoms with E-state index in [0.717, 1.165) is 14.9 Å². The second-order valence-corrected chi connectivity index (χ2v) is 6.16. The van der Waals surface area contributed by atoms with Crippen molar-refractivity contribution in [3.05, 3.63) is 62.5 Å². The van der Waals surface area contributed by atoms with Gasteiger partial charge in [0, 0.05) is 13.8 Å². The van der Waals surface area contributed by atoms with Crippen molar-refractivity contribution in [1.82, 2.24) is 0 Å². The maximum absolute atomic E-state index is 12.0. The molecule has 0 spiro atoms. The zero-order valence-electron chi connectivity index (χ0n) is 9.77. The molecule has 2 aromatic carbocycles. The van der Waals surface area contributed by atoms with Crippen LogP contribution < -0.4 is 0 Å². The molecule has 5 heteroatoms. The molecule has 0 aliphatic heterocycles. The van der Waals surface area contributed by atoms with E-state index in [1.54, 1.807) is 18.2 Å². The molecule has 2 aromatic rings. The summed E-state index contributed by atoms with van der Waals surface area (Å²) in [5, 5.41) is 0. The predicted octanol–water partition coefficient (Wildman–Crippen LogP) is 4.86. The number of hydrogen-bond donors (Lipinski definition) is 1. The monoisotopic (exact) mass is 400 g/mol. The lowest BCUT2D eigenvalue weighted by Gasteiger charge is -2.07. The summed E-state index contributed by atoms with van der Waals surface area (Å²) in [5.74, 6) is -0.372. The third-order valence-corrected chi connectivity index (χ3v) is 3.89. The maximum Gasteiger partial charge on any atom is 0.339 e. The van der Waals surface area contributed by atoms with Gasteiger partial charge in [-0.2, -0.15) is 0 Å². The highest BCUT2D eigenvalue weighted by molar-refractivity contribution is 9.10. The smallest absolute Gasteiger partial charge is 0.339 e. The van der Waals surface area contributed by atoms with Crippen LogP contribution in [0.2, 0.25) is 0 Å². The van der Waals surface area contributed by atoms with E-state index in [1.165, 1.54) is 0 Å². The number of rotatable bonds is 3. The molecule has 0 saturated heterocycles. The maximum atomic E-state index is 12.0. The van der Waals surface area contributed by atoms with Gasteiger partial charge in [0.25, 0.3) is 0 Å². The highest BCUT2D eigenvalue weighted by Gasteiger charge is 2.12. The zero-order valence-corrected chi connectivity index (χ0v) is 13.8. The topological polar surface area (TPSA) is 26.3 Å². The summed E-state index contributed by atoms with van der Waals surface area (Å²) in [4.78, 5) is 12.7. The first kappa shape index (κ1) is 14.6. The Morgan fingerprint density at radius 2 is 1.95 bits per heavy atom. The molecule has 0 saturated carbocycles. The first-order valence-electron chi connectivity index (χ1n) is 5.46. The van der Waals surface area contributed by atoms with Gasteiger partial charge in [0.05, 0.1) is 5.56 Å². The van der Waals surface area contributed by atoms with Crippen molar-refractivity contribution < 1.29 is 9.53 Å². The van der Waals surface area contributed by atoms with Crippen molar-refractivity contribution >= 4 is 50.5 Å². The van der Waals surface area contributed by atoms with Crippen LogP contribution in [-0.4, -0.2) is 5.97 Å². The first-order chi connectivity index (χ1) is 9.06. The molecular weight excluding hydrogens is 392 g/mol. The largest absolute Gasteiger partial charge is 0.457 e. The zero-order chi connectivity index (χ0) is 13.8. The molecule has 0 fully saturated rings. The molecule has 19 heavy (non-hydrogen) atoms. The molecule has 0 heterocycles. The van der Waals surface area contributed by atoms with Gasteiger partial charge in [0.2, 0.25) is 0 Å². The Kier molecular flexibility index (Phi) is 5.07. The van der Waals surface area contributed by atoms with Crippen LogP contribution in [0.4, 0.5) is 0 Å². The third-order valence-electron chi connectivity index (χ3n) is 2.43. The fourth-order valence-electron chi connectivity index (χ4n) is 1.52. The summed E-state index contributed by atoms with van der Waals surface area (Å²) in [6, 6.07) is 12.9. The quantitative estimate of drug-likeness (QED) is 0.587. The highest BCUT2D eigenvalue weighted by atomic mass is 79.9. The minimum absolute atomic E-state index is 0.238. The minimum Gasteiger partial charge on any atom is -0.457 e. The Hall–Kier alpha value is -0.780. The van der Waals surface area contributed by atoms with Crippen LogP contribution in [0.25, 0.3) is 0 Å². The second kappa shape index (κ2) is 6.59. The molecule has 0 aromatic heterocycles. The fourth-order valence-corrected chi connectivity index (χ4v) is 2.58. The number of hydrogen-bond acceptors (Lipinski definition) is 3. The number of thiol groups is 1. The Morgan fingerprint density at radius 3 is 2.68 bits per heavy atom. The molecule has 2 rings (SSSR count). The van der Waals surface area contributed by atoms with E-state index in [9.17, 15) is 4.79 Å². The van der Waals surface area contributed by atoms with Gasteiger partial charge in [-0.25, -0.2) is 4.79 Å². The normalized spacial score (nSPS) is 10.3. The summed E-state index contributed by atoms with van der Waals surface area (Å²) in [5.41, 5.74) is 1.41. The van der Waals surface area contributed by atoms with E-state index in [-0.39, 0.29) is 12.6 Å². The van der Waals surface area contributed by atoms with Crippen LogP contribution in [0, 0.1) is 0 Å². The molecule has 0 bridgehead atoms. The number of ether oxygens (including phenoxy) is 1. The molecule has 0 radical (unpaired) electrons. The standard InChI is InChI=1S/C14H10Br2O2S/c15-10-3-1-2-9(6-10)8-18-14(17)12-7-11(19)4-5-13(12)16/h1-7,19H,8H2. The van der Waals surface area contributed by atoms with Gasteiger partial charge in [-0.05, 0) is 51.8 Å². The molecule has 0 N–H and O–H groups in total. The number of halogens is 2. The van der Waals surface area contributed by atoms with Gasteiger partial charge in [-0.1, -0.05) is 28.1 Å². The van der Waals surface area contributed by atoms with Crippen molar-refractivity contribution in [3.8, 4) is 0 Å². The molecular formula is C14H10Br2O2S. The summed E-state index contributed by atoms with van der Waals surface area (Å²) in [6.45, 7) is 0.238. The molecule has 0 unspecified atom stereocenters. The van der Waals surface area contributed by atoms with E-state index < -0.39 is 0 Å². The average Bonchev–Trinajstić information content (AvgIpc) is 2.39. The van der Waals surface area contributed by atoms with Crippen molar-refractivity contribution in [3.63, 3.8) is 0 Å². The number of benzene rings is 2. The van der Waals surface area contributed by atoms with Crippen LogP contribution in [-0.2, 0) is 11.3 Å². The van der Waals surface area contributed by atoms with Gasteiger partial charge in [-0.3, -0.25) is 0 Å². The van der Waals surface area contributed by atoms with E-state index in [1.807, 2.05) is 24.3 Å². The lowest BCUT2D eigenvalue weighted by atomic mass is 10.2. The van der Waals surface area contributed by atoms with Crippen LogP contribution in [0.5, 0.6) is 0 Å². The summed E-state index contributed by atoms with van der Waals surface area (Å²) < 4.78 is 6.94. The van der Waals surface area contributed by atoms with E-state index in [0.29, 0.717) is 10.0 Å². The minimum atomic E-state index is -0.372. The molecule has 0 aliphatic carbocycles. The predicted molar refractivity (Wildman–Crippen MR) is 84.7 cm³/mol. The Morgan fingerprint density at radius 1 is 1.16 bits per heavy atom. The Labute approximate surface area is 133 Å². The molecule has 98 valence electrons. The van der Waals surface area contributed by atoms with Crippen molar-refractivity contribution in [1.29, 1.82) is 0 Å². The van der Waals surface area contributed by atoms with E-state index in [2.05, 4.69) is 44.5 Å². The lowest BCUT2D eigenvalue weighted by Crippen LogP contribution is -2.06. The van der Waals surface area contributed by atoms with Crippen LogP contribution in [0.15, 0.2) is 56.3 Å². The third kappa shape index (κ3) is 4.09. The lowest BCUT2D eigenvalue weighted by molar-refractivity contribution is 0.0471. The second-order valence-electron chi connectivity index (χ2n) is 3.87. The van der Waals surface area contributed by atoms with Crippen LogP contribution in [0.1, 0.15) is 15.9 Å². The van der Waals surface area contributed by atoms with Crippen molar-refractivity contribution in [2.75, 3.05) is 0 Å². The average molecular weight is 402 g/mol. The van der Waals surface area contributed by atoms with Gasteiger partial charge >= 0.3 is 5.97 Å².